The predicted octanol–water partition coefficient (Wildman–Crippen LogP) is 15.1. The molecule has 0 fully saturated rings. The first kappa shape index (κ1) is 49.1. The Morgan fingerprint density at radius 3 is 2.29 bits per heavy atom. The maximum Gasteiger partial charge on any atom is 0.206 e. The second-order valence-electron chi connectivity index (χ2n) is 17.9. The molecule has 0 saturated carbocycles. The minimum Gasteiger partial charge on any atom is -0.477 e. The van der Waals surface area contributed by atoms with Crippen LogP contribution in [0.15, 0.2) is 58.3 Å². The molecule has 1 aliphatic rings. The average molecular weight is 820 g/mol. The highest BCUT2D eigenvalue weighted by atomic mass is 32.1. The number of methoxy groups -OCH3 is 1. The van der Waals surface area contributed by atoms with E-state index in [0.29, 0.717) is 69.7 Å². The Hall–Kier alpha value is -3.28. The molecule has 5 nitrogen and oxygen atoms in total. The van der Waals surface area contributed by atoms with Crippen LogP contribution in [-0.4, -0.2) is 43.5 Å². The summed E-state index contributed by atoms with van der Waals surface area (Å²) in [6, 6.07) is 5.63. The number of nitrogens with zero attached hydrogens (tertiary/aromatic N) is 3. The summed E-state index contributed by atoms with van der Waals surface area (Å²) in [6.07, 6.45) is 12.3. The molecular weight excluding hydrogens is 745 g/mol. The number of hydrogen-bond donors (Lipinski definition) is 0. The van der Waals surface area contributed by atoms with Crippen LogP contribution in [-0.2, 0) is 9.47 Å². The lowest BCUT2D eigenvalue weighted by Gasteiger charge is -2.38. The molecule has 322 valence electrons. The van der Waals surface area contributed by atoms with E-state index in [9.17, 15) is 5.26 Å². The van der Waals surface area contributed by atoms with Gasteiger partial charge in [-0.05, 0) is 99.5 Å². The predicted molar refractivity (Wildman–Crippen MR) is 244 cm³/mol. The van der Waals surface area contributed by atoms with Gasteiger partial charge >= 0.3 is 0 Å². The Balaban J connectivity index is 2.31. The first-order chi connectivity index (χ1) is 27.5. The maximum atomic E-state index is 18.0. The van der Waals surface area contributed by atoms with Crippen molar-refractivity contribution < 1.29 is 18.3 Å². The van der Waals surface area contributed by atoms with Crippen LogP contribution < -0.4 is 0 Å². The molecule has 58 heavy (non-hydrogen) atoms. The first-order valence-corrected chi connectivity index (χ1v) is 23.0. The molecule has 0 saturated heterocycles. The molecule has 0 amide bonds. The van der Waals surface area contributed by atoms with E-state index < -0.39 is 11.6 Å². The van der Waals surface area contributed by atoms with Crippen LogP contribution in [0.2, 0.25) is 0 Å². The van der Waals surface area contributed by atoms with Gasteiger partial charge in [-0.15, -0.1) is 11.3 Å². The van der Waals surface area contributed by atoms with Gasteiger partial charge in [0.1, 0.15) is 17.6 Å². The highest BCUT2D eigenvalue weighted by Gasteiger charge is 2.34. The summed E-state index contributed by atoms with van der Waals surface area (Å²) in [6.45, 7) is 32.1. The number of hydrogen-bond acceptors (Lipinski definition) is 6. The lowest BCUT2D eigenvalue weighted by atomic mass is 9.77. The molecule has 3 atom stereocenters. The van der Waals surface area contributed by atoms with Gasteiger partial charge in [0.05, 0.1) is 16.9 Å². The number of ether oxygens (including phenoxy) is 2. The van der Waals surface area contributed by atoms with Crippen molar-refractivity contribution in [1.29, 1.82) is 5.26 Å². The number of benzene rings is 1. The third-order valence-corrected chi connectivity index (χ3v) is 13.5. The zero-order valence-electron chi connectivity index (χ0n) is 38.3. The van der Waals surface area contributed by atoms with Gasteiger partial charge in [-0.2, -0.15) is 5.26 Å². The van der Waals surface area contributed by atoms with Gasteiger partial charge in [-0.1, -0.05) is 107 Å². The van der Waals surface area contributed by atoms with Crippen LogP contribution in [0.1, 0.15) is 169 Å². The molecular formula is C50H75F2N3O2S. The summed E-state index contributed by atoms with van der Waals surface area (Å²) in [4.78, 5) is 8.16. The minimum atomic E-state index is -0.514. The normalized spacial score (nSPS) is 17.3. The van der Waals surface area contributed by atoms with E-state index in [4.69, 9.17) is 14.5 Å². The standard InChI is InChI=1S/C50H75F2N3O2S/c1-15-19-20-21-26-50(13,28-37(16-2)30-56-14)31-57-36(12)54-47-40(35(11)55(18-4)43(33(7)8)25-22-32(5)6)27-38(17-3)44(46(47)52)39-23-24-42(51)49-45(39)41(29-53)48(58-49)34(9)10/h23-24,27,32-34,37,43H,12,15-22,25-26,28,30-31H2,1-11,13-14H3/b40-35+,54-47+. The van der Waals surface area contributed by atoms with E-state index in [1.165, 1.54) is 36.7 Å². The molecule has 8 heteroatoms. The van der Waals surface area contributed by atoms with E-state index in [1.54, 1.807) is 13.2 Å². The Kier molecular flexibility index (Phi) is 19.4. The number of unbranched alkanes of at least 4 members (excludes halogenated alkanes) is 3. The zero-order chi connectivity index (χ0) is 43.3. The molecule has 2 aromatic rings. The van der Waals surface area contributed by atoms with Gasteiger partial charge in [0, 0.05) is 58.8 Å². The van der Waals surface area contributed by atoms with Crippen molar-refractivity contribution in [3.05, 3.63) is 75.2 Å². The summed E-state index contributed by atoms with van der Waals surface area (Å²) >= 11 is 1.28. The zero-order valence-corrected chi connectivity index (χ0v) is 39.2. The summed E-state index contributed by atoms with van der Waals surface area (Å²) in [5.74, 6) is 0.562. The summed E-state index contributed by atoms with van der Waals surface area (Å²) in [5.41, 5.74) is 3.68. The van der Waals surface area contributed by atoms with Gasteiger partial charge in [0.2, 0.25) is 5.88 Å². The topological polar surface area (TPSA) is 57.9 Å². The molecule has 1 aliphatic carbocycles. The quantitative estimate of drug-likeness (QED) is 0.0782. The van der Waals surface area contributed by atoms with Crippen LogP contribution >= 0.6 is 11.3 Å². The number of fused-ring (bicyclic) bond motifs is 1. The minimum absolute atomic E-state index is 0.00418. The first-order valence-electron chi connectivity index (χ1n) is 22.2. The van der Waals surface area contributed by atoms with Gasteiger partial charge in [-0.3, -0.25) is 0 Å². The number of thiophene rings is 1. The van der Waals surface area contributed by atoms with E-state index in [2.05, 4.69) is 85.9 Å². The van der Waals surface area contributed by atoms with Crippen LogP contribution in [0.3, 0.4) is 0 Å². The molecule has 1 heterocycles. The number of allylic oxidation sites excluding steroid dienone is 6. The van der Waals surface area contributed by atoms with E-state index in [1.807, 2.05) is 20.8 Å². The number of nitriles is 1. The van der Waals surface area contributed by atoms with Crippen LogP contribution in [0, 0.1) is 40.3 Å². The Bertz CT molecular complexity index is 1860. The highest BCUT2D eigenvalue weighted by molar-refractivity contribution is 7.19. The second kappa shape index (κ2) is 22.9. The third-order valence-electron chi connectivity index (χ3n) is 12.0. The molecule has 0 aliphatic heterocycles. The van der Waals surface area contributed by atoms with Crippen molar-refractivity contribution in [2.45, 2.75) is 159 Å². The Morgan fingerprint density at radius 2 is 1.74 bits per heavy atom. The Labute approximate surface area is 355 Å². The van der Waals surface area contributed by atoms with E-state index in [0.717, 1.165) is 61.2 Å². The summed E-state index contributed by atoms with van der Waals surface area (Å²) in [5, 5.41) is 10.9. The lowest BCUT2D eigenvalue weighted by Crippen LogP contribution is -2.39. The third kappa shape index (κ3) is 12.2. The van der Waals surface area contributed by atoms with E-state index in [-0.39, 0.29) is 29.0 Å². The highest BCUT2D eigenvalue weighted by Crippen LogP contribution is 2.46. The molecule has 0 radical (unpaired) electrons. The maximum absolute atomic E-state index is 18.0. The van der Waals surface area contributed by atoms with Crippen molar-refractivity contribution in [3.63, 3.8) is 0 Å². The van der Waals surface area contributed by atoms with Gasteiger partial charge in [-0.25, -0.2) is 13.8 Å². The molecule has 0 spiro atoms. The van der Waals surface area contributed by atoms with Gasteiger partial charge in [0.25, 0.3) is 0 Å². The fourth-order valence-corrected chi connectivity index (χ4v) is 9.86. The molecule has 0 bridgehead atoms. The van der Waals surface area contributed by atoms with Crippen molar-refractivity contribution in [1.82, 2.24) is 4.90 Å². The van der Waals surface area contributed by atoms with Gasteiger partial charge in [0.15, 0.2) is 5.83 Å². The number of halogens is 2. The van der Waals surface area contributed by atoms with Crippen molar-refractivity contribution in [2.24, 2.45) is 28.2 Å². The SMILES string of the molecule is C=C(/N=C1/C(F)=C(c2ccc(F)c3sc(C(C)C)c(C#N)c23)C(CC)=C/C1=C(/C)N(CC)C(CCC(C)C)C(C)C)OCC(C)(CCCCCC)CC(CC)COC. The lowest BCUT2D eigenvalue weighted by molar-refractivity contribution is 0.0502. The monoisotopic (exact) mass is 820 g/mol. The van der Waals surface area contributed by atoms with Crippen molar-refractivity contribution >= 4 is 32.7 Å². The summed E-state index contributed by atoms with van der Waals surface area (Å²) < 4.78 is 46.0. The Morgan fingerprint density at radius 1 is 1.03 bits per heavy atom. The van der Waals surface area contributed by atoms with Crippen LogP contribution in [0.4, 0.5) is 8.78 Å². The molecule has 1 aromatic heterocycles. The van der Waals surface area contributed by atoms with Crippen molar-refractivity contribution in [3.8, 4) is 6.07 Å². The molecule has 0 N–H and O–H groups in total. The van der Waals surface area contributed by atoms with Crippen molar-refractivity contribution in [2.75, 3.05) is 26.9 Å². The van der Waals surface area contributed by atoms with Gasteiger partial charge < -0.3 is 14.4 Å². The largest absolute Gasteiger partial charge is 0.477 e. The smallest absolute Gasteiger partial charge is 0.206 e. The van der Waals surface area contributed by atoms with Crippen LogP contribution in [0.25, 0.3) is 15.7 Å². The van der Waals surface area contributed by atoms with E-state index >= 15 is 8.78 Å². The fraction of sp³-hybridized carbons (Fsp3) is 0.640. The molecule has 1 aromatic carbocycles. The number of aliphatic imine (C=N–C) groups is 1. The number of rotatable bonds is 24. The average Bonchev–Trinajstić information content (AvgIpc) is 3.59. The molecule has 3 rings (SSSR count). The molecule has 3 unspecified atom stereocenters. The second-order valence-corrected chi connectivity index (χ2v) is 18.9. The van der Waals surface area contributed by atoms with Crippen LogP contribution in [0.5, 0.6) is 0 Å². The fourth-order valence-electron chi connectivity index (χ4n) is 8.67. The summed E-state index contributed by atoms with van der Waals surface area (Å²) in [7, 11) is 1.76.